The summed E-state index contributed by atoms with van der Waals surface area (Å²) in [6, 6.07) is -0.626. The summed E-state index contributed by atoms with van der Waals surface area (Å²) < 4.78 is 4.83. The fourth-order valence-corrected chi connectivity index (χ4v) is 1.28. The Bertz CT molecular complexity index is 266. The molecule has 0 aliphatic rings. The molecule has 6 heteroatoms. The number of carbonyl (C=O) groups excluding carboxylic acids is 1. The van der Waals surface area contributed by atoms with E-state index in [9.17, 15) is 9.59 Å². The van der Waals surface area contributed by atoms with Crippen molar-refractivity contribution >= 4 is 11.9 Å². The summed E-state index contributed by atoms with van der Waals surface area (Å²) in [7, 11) is 1.54. The van der Waals surface area contributed by atoms with Gasteiger partial charge in [0.1, 0.15) is 0 Å². The van der Waals surface area contributed by atoms with E-state index in [-0.39, 0.29) is 12.3 Å². The molecule has 17 heavy (non-hydrogen) atoms. The van der Waals surface area contributed by atoms with E-state index in [1.54, 1.807) is 21.0 Å². The number of nitrogens with two attached hydrogens (primary N) is 1. The van der Waals surface area contributed by atoms with E-state index < -0.39 is 17.6 Å². The number of carboxylic acids is 1. The Morgan fingerprint density at radius 1 is 1.47 bits per heavy atom. The Morgan fingerprint density at radius 2 is 2.06 bits per heavy atom. The zero-order valence-corrected chi connectivity index (χ0v) is 10.7. The topological polar surface area (TPSA) is 102 Å². The number of carboxylic acid groups (broad SMARTS) is 1. The average molecular weight is 246 g/mol. The van der Waals surface area contributed by atoms with Crippen LogP contribution in [0.25, 0.3) is 0 Å². The van der Waals surface area contributed by atoms with Gasteiger partial charge in [-0.15, -0.1) is 0 Å². The van der Waals surface area contributed by atoms with Crippen LogP contribution in [0.4, 0.5) is 0 Å². The van der Waals surface area contributed by atoms with Crippen LogP contribution in [0.3, 0.4) is 0 Å². The quantitative estimate of drug-likeness (QED) is 0.564. The van der Waals surface area contributed by atoms with Crippen LogP contribution < -0.4 is 11.1 Å². The molecule has 1 unspecified atom stereocenters. The van der Waals surface area contributed by atoms with Crippen LogP contribution >= 0.6 is 0 Å². The van der Waals surface area contributed by atoms with Crippen LogP contribution in [0.2, 0.25) is 0 Å². The lowest BCUT2D eigenvalue weighted by molar-refractivity contribution is -0.138. The summed E-state index contributed by atoms with van der Waals surface area (Å²) in [6.45, 7) is 3.97. The van der Waals surface area contributed by atoms with Gasteiger partial charge < -0.3 is 20.9 Å². The van der Waals surface area contributed by atoms with Gasteiger partial charge in [-0.1, -0.05) is 0 Å². The van der Waals surface area contributed by atoms with E-state index in [1.165, 1.54) is 0 Å². The molecule has 1 atom stereocenters. The normalized spacial score (nSPS) is 13.2. The lowest BCUT2D eigenvalue weighted by Crippen LogP contribution is -2.50. The summed E-state index contributed by atoms with van der Waals surface area (Å²) in [5.41, 5.74) is 5.09. The molecule has 0 saturated carbocycles. The first kappa shape index (κ1) is 15.9. The number of hydrogen-bond acceptors (Lipinski definition) is 4. The summed E-state index contributed by atoms with van der Waals surface area (Å²) >= 11 is 0. The number of ether oxygens (including phenoxy) is 1. The Morgan fingerprint density at radius 3 is 2.53 bits per heavy atom. The zero-order chi connectivity index (χ0) is 13.5. The van der Waals surface area contributed by atoms with Gasteiger partial charge in [-0.3, -0.25) is 9.59 Å². The van der Waals surface area contributed by atoms with Crippen LogP contribution in [0.15, 0.2) is 0 Å². The smallest absolute Gasteiger partial charge is 0.303 e. The molecule has 0 rings (SSSR count). The van der Waals surface area contributed by atoms with E-state index in [0.29, 0.717) is 19.4 Å². The van der Waals surface area contributed by atoms with Gasteiger partial charge in [0.2, 0.25) is 5.91 Å². The van der Waals surface area contributed by atoms with E-state index in [1.807, 2.05) is 0 Å². The molecule has 0 aromatic carbocycles. The minimum atomic E-state index is -0.879. The minimum Gasteiger partial charge on any atom is -0.481 e. The maximum Gasteiger partial charge on any atom is 0.303 e. The monoisotopic (exact) mass is 246 g/mol. The van der Waals surface area contributed by atoms with Gasteiger partial charge in [-0.2, -0.15) is 0 Å². The van der Waals surface area contributed by atoms with Crippen molar-refractivity contribution in [2.45, 2.75) is 44.7 Å². The molecular formula is C11H22N2O4. The molecular weight excluding hydrogens is 224 g/mol. The third kappa shape index (κ3) is 7.70. The molecule has 100 valence electrons. The second-order valence-electron chi connectivity index (χ2n) is 4.65. The van der Waals surface area contributed by atoms with Gasteiger partial charge in [0.05, 0.1) is 6.04 Å². The third-order valence-electron chi connectivity index (χ3n) is 2.40. The summed E-state index contributed by atoms with van der Waals surface area (Å²) in [4.78, 5) is 22.1. The maximum atomic E-state index is 11.7. The van der Waals surface area contributed by atoms with Crippen molar-refractivity contribution in [3.05, 3.63) is 0 Å². The lowest BCUT2D eigenvalue weighted by Gasteiger charge is -2.27. The highest BCUT2D eigenvalue weighted by Crippen LogP contribution is 2.11. The van der Waals surface area contributed by atoms with Gasteiger partial charge >= 0.3 is 5.97 Å². The molecule has 0 aromatic heterocycles. The maximum absolute atomic E-state index is 11.7. The van der Waals surface area contributed by atoms with E-state index in [4.69, 9.17) is 15.6 Å². The molecule has 0 aliphatic carbocycles. The molecule has 0 aliphatic heterocycles. The van der Waals surface area contributed by atoms with Crippen LogP contribution in [-0.2, 0) is 14.3 Å². The predicted molar refractivity (Wildman–Crippen MR) is 63.6 cm³/mol. The highest BCUT2D eigenvalue weighted by Gasteiger charge is 2.24. The number of amides is 1. The molecule has 0 saturated heterocycles. The highest BCUT2D eigenvalue weighted by atomic mass is 16.5. The first-order valence-electron chi connectivity index (χ1n) is 5.57. The second-order valence-corrected chi connectivity index (χ2v) is 4.65. The number of hydrogen-bond donors (Lipinski definition) is 3. The fourth-order valence-electron chi connectivity index (χ4n) is 1.28. The Hall–Kier alpha value is -1.14. The standard InChI is InChI=1S/C11H22N2O4/c1-11(2,6-4-9(14)15)13-10(16)8(12)5-7-17-3/h8H,4-7,12H2,1-3H3,(H,13,16)(H,14,15). The fraction of sp³-hybridized carbons (Fsp3) is 0.818. The van der Waals surface area contributed by atoms with Crippen molar-refractivity contribution in [1.82, 2.24) is 5.32 Å². The zero-order valence-electron chi connectivity index (χ0n) is 10.7. The van der Waals surface area contributed by atoms with Crippen LogP contribution in [0.1, 0.15) is 33.1 Å². The van der Waals surface area contributed by atoms with Gasteiger partial charge in [0.15, 0.2) is 0 Å². The highest BCUT2D eigenvalue weighted by molar-refractivity contribution is 5.82. The van der Waals surface area contributed by atoms with Crippen molar-refractivity contribution in [2.75, 3.05) is 13.7 Å². The first-order valence-corrected chi connectivity index (χ1v) is 5.57. The van der Waals surface area contributed by atoms with Gasteiger partial charge in [-0.05, 0) is 26.7 Å². The minimum absolute atomic E-state index is 0.0145. The number of rotatable bonds is 8. The SMILES string of the molecule is COCCC(N)C(=O)NC(C)(C)CCC(=O)O. The molecule has 6 nitrogen and oxygen atoms in total. The van der Waals surface area contributed by atoms with Crippen LogP contribution in [0, 0.1) is 0 Å². The largest absolute Gasteiger partial charge is 0.481 e. The first-order chi connectivity index (χ1) is 7.78. The molecule has 0 spiro atoms. The summed E-state index contributed by atoms with van der Waals surface area (Å²) in [6.07, 6.45) is 0.822. The van der Waals surface area contributed by atoms with Crippen molar-refractivity contribution in [1.29, 1.82) is 0 Å². The van der Waals surface area contributed by atoms with E-state index in [2.05, 4.69) is 5.32 Å². The predicted octanol–water partition coefficient (Wildman–Crippen LogP) is 0.110. The number of nitrogens with one attached hydrogen (secondary N) is 1. The van der Waals surface area contributed by atoms with E-state index >= 15 is 0 Å². The van der Waals surface area contributed by atoms with Crippen LogP contribution in [-0.4, -0.2) is 42.3 Å². The second kappa shape index (κ2) is 7.24. The Balaban J connectivity index is 4.11. The molecule has 0 bridgehead atoms. The van der Waals surface area contributed by atoms with Crippen LogP contribution in [0.5, 0.6) is 0 Å². The lowest BCUT2D eigenvalue weighted by atomic mass is 9.97. The van der Waals surface area contributed by atoms with Gasteiger partial charge in [0.25, 0.3) is 0 Å². The Labute approximate surface area is 102 Å². The van der Waals surface area contributed by atoms with Gasteiger partial charge in [-0.25, -0.2) is 0 Å². The molecule has 4 N–H and O–H groups in total. The summed E-state index contributed by atoms with van der Waals surface area (Å²) in [5.74, 6) is -1.16. The van der Waals surface area contributed by atoms with E-state index in [0.717, 1.165) is 0 Å². The number of aliphatic carboxylic acids is 1. The van der Waals surface area contributed by atoms with Crippen molar-refractivity contribution in [3.63, 3.8) is 0 Å². The van der Waals surface area contributed by atoms with Crippen molar-refractivity contribution in [2.24, 2.45) is 5.73 Å². The number of methoxy groups -OCH3 is 1. The molecule has 0 aromatic rings. The molecule has 0 radical (unpaired) electrons. The Kier molecular flexibility index (Phi) is 6.75. The molecule has 0 fully saturated rings. The molecule has 0 heterocycles. The van der Waals surface area contributed by atoms with Crippen molar-refractivity contribution in [3.8, 4) is 0 Å². The third-order valence-corrected chi connectivity index (χ3v) is 2.40. The average Bonchev–Trinajstić information content (AvgIpc) is 2.22. The summed E-state index contributed by atoms with van der Waals surface area (Å²) in [5, 5.41) is 11.3. The molecule has 1 amide bonds. The van der Waals surface area contributed by atoms with Gasteiger partial charge in [0, 0.05) is 25.7 Å². The number of carbonyl (C=O) groups is 2. The van der Waals surface area contributed by atoms with Crippen molar-refractivity contribution < 1.29 is 19.4 Å².